The third-order valence-electron chi connectivity index (χ3n) is 5.19. The third-order valence-corrected chi connectivity index (χ3v) is 5.19. The number of amides is 1. The number of benzene rings is 1. The van der Waals surface area contributed by atoms with Gasteiger partial charge < -0.3 is 15.0 Å². The van der Waals surface area contributed by atoms with Crippen molar-refractivity contribution in [3.05, 3.63) is 29.8 Å². The summed E-state index contributed by atoms with van der Waals surface area (Å²) in [4.78, 5) is 15.2. The molecule has 6 heteroatoms. The zero-order chi connectivity index (χ0) is 20.9. The number of halogens is 2. The Morgan fingerprint density at radius 1 is 1.18 bits per heavy atom. The van der Waals surface area contributed by atoms with Gasteiger partial charge >= 0.3 is 6.61 Å². The van der Waals surface area contributed by atoms with Gasteiger partial charge in [-0.15, -0.1) is 0 Å². The van der Waals surface area contributed by atoms with Gasteiger partial charge in [0.1, 0.15) is 5.75 Å². The molecule has 0 bridgehead atoms. The van der Waals surface area contributed by atoms with E-state index >= 15 is 0 Å². The van der Waals surface area contributed by atoms with Crippen LogP contribution >= 0.6 is 0 Å². The van der Waals surface area contributed by atoms with Crippen molar-refractivity contribution in [1.29, 1.82) is 0 Å². The summed E-state index contributed by atoms with van der Waals surface area (Å²) in [7, 11) is 0. The topological polar surface area (TPSA) is 41.6 Å². The molecule has 0 aliphatic carbocycles. The van der Waals surface area contributed by atoms with Crippen LogP contribution in [0.1, 0.15) is 65.9 Å². The van der Waals surface area contributed by atoms with Crippen molar-refractivity contribution < 1.29 is 18.3 Å². The van der Waals surface area contributed by atoms with E-state index in [2.05, 4.69) is 44.7 Å². The second-order valence-electron chi connectivity index (χ2n) is 9.09. The van der Waals surface area contributed by atoms with Crippen LogP contribution in [-0.4, -0.2) is 41.1 Å². The highest BCUT2D eigenvalue weighted by atomic mass is 19.3. The Balaban J connectivity index is 2.12. The van der Waals surface area contributed by atoms with E-state index in [1.54, 1.807) is 12.1 Å². The first kappa shape index (κ1) is 22.6. The summed E-state index contributed by atoms with van der Waals surface area (Å²) >= 11 is 0. The summed E-state index contributed by atoms with van der Waals surface area (Å²) in [5, 5.41) is 3.67. The number of alkyl halides is 2. The molecule has 4 nitrogen and oxygen atoms in total. The lowest BCUT2D eigenvalue weighted by molar-refractivity contribution is -0.134. The van der Waals surface area contributed by atoms with Crippen molar-refractivity contribution in [3.63, 3.8) is 0 Å². The number of hydrogen-bond acceptors (Lipinski definition) is 3. The SMILES string of the molecule is CCCCN(C(=O)Cc1ccc(OC(F)F)cc1)C1CC(C)(C)NC(C)(C)C1. The first-order valence-electron chi connectivity index (χ1n) is 10.1. The predicted molar refractivity (Wildman–Crippen MR) is 108 cm³/mol. The van der Waals surface area contributed by atoms with E-state index < -0.39 is 6.61 Å². The van der Waals surface area contributed by atoms with Crippen LogP contribution in [-0.2, 0) is 11.2 Å². The Hall–Kier alpha value is -1.69. The van der Waals surface area contributed by atoms with Gasteiger partial charge in [0.15, 0.2) is 0 Å². The first-order chi connectivity index (χ1) is 13.0. The molecule has 1 aliphatic heterocycles. The summed E-state index contributed by atoms with van der Waals surface area (Å²) in [6.07, 6.45) is 4.09. The lowest BCUT2D eigenvalue weighted by Gasteiger charge is -2.49. The number of ether oxygens (including phenoxy) is 1. The molecular formula is C22H34F2N2O2. The molecule has 1 aromatic carbocycles. The van der Waals surface area contributed by atoms with Crippen LogP contribution in [0.3, 0.4) is 0 Å². The van der Waals surface area contributed by atoms with Crippen molar-refractivity contribution in [2.24, 2.45) is 0 Å². The number of carbonyl (C=O) groups is 1. The summed E-state index contributed by atoms with van der Waals surface area (Å²) in [5.74, 6) is 0.199. The van der Waals surface area contributed by atoms with Gasteiger partial charge in [0.05, 0.1) is 6.42 Å². The summed E-state index contributed by atoms with van der Waals surface area (Å²) in [6.45, 7) is 8.77. The molecule has 0 saturated carbocycles. The molecule has 1 N–H and O–H groups in total. The molecule has 0 unspecified atom stereocenters. The molecule has 1 fully saturated rings. The van der Waals surface area contributed by atoms with E-state index in [1.807, 2.05) is 4.90 Å². The Morgan fingerprint density at radius 2 is 1.75 bits per heavy atom. The number of piperidine rings is 1. The Bertz CT molecular complexity index is 628. The minimum atomic E-state index is -2.84. The number of carbonyl (C=O) groups excluding carboxylic acids is 1. The van der Waals surface area contributed by atoms with E-state index in [-0.39, 0.29) is 35.2 Å². The van der Waals surface area contributed by atoms with E-state index in [9.17, 15) is 13.6 Å². The molecule has 1 amide bonds. The quantitative estimate of drug-likeness (QED) is 0.688. The summed E-state index contributed by atoms with van der Waals surface area (Å²) in [5.41, 5.74) is 0.734. The van der Waals surface area contributed by atoms with Gasteiger partial charge in [0.2, 0.25) is 5.91 Å². The van der Waals surface area contributed by atoms with Gasteiger partial charge in [0, 0.05) is 23.7 Å². The van der Waals surface area contributed by atoms with Crippen molar-refractivity contribution in [1.82, 2.24) is 10.2 Å². The van der Waals surface area contributed by atoms with Gasteiger partial charge in [-0.1, -0.05) is 25.5 Å². The van der Waals surface area contributed by atoms with E-state index in [0.29, 0.717) is 0 Å². The van der Waals surface area contributed by atoms with Gasteiger partial charge in [-0.2, -0.15) is 8.78 Å². The maximum atomic E-state index is 13.2. The molecule has 0 atom stereocenters. The van der Waals surface area contributed by atoms with E-state index in [4.69, 9.17) is 0 Å². The van der Waals surface area contributed by atoms with Gasteiger partial charge in [-0.3, -0.25) is 4.79 Å². The van der Waals surface area contributed by atoms with E-state index in [1.165, 1.54) is 12.1 Å². The molecule has 1 saturated heterocycles. The standard InChI is InChI=1S/C22H34F2N2O2/c1-6-7-12-26(17-14-21(2,3)25-22(4,5)15-17)19(27)13-16-8-10-18(11-9-16)28-20(23)24/h8-11,17,20,25H,6-7,12-15H2,1-5H3. The summed E-state index contributed by atoms with van der Waals surface area (Å²) < 4.78 is 29.0. The average Bonchev–Trinajstić information content (AvgIpc) is 2.53. The largest absolute Gasteiger partial charge is 0.435 e. The molecule has 28 heavy (non-hydrogen) atoms. The molecule has 1 aromatic rings. The van der Waals surface area contributed by atoms with Crippen molar-refractivity contribution >= 4 is 5.91 Å². The number of rotatable bonds is 8. The van der Waals surface area contributed by atoms with Gasteiger partial charge in [-0.25, -0.2) is 0 Å². The van der Waals surface area contributed by atoms with Crippen molar-refractivity contribution in [2.45, 2.75) is 90.5 Å². The second-order valence-corrected chi connectivity index (χ2v) is 9.09. The fraction of sp³-hybridized carbons (Fsp3) is 0.682. The van der Waals surface area contributed by atoms with Crippen LogP contribution in [0.4, 0.5) is 8.78 Å². The summed E-state index contributed by atoms with van der Waals surface area (Å²) in [6, 6.07) is 6.53. The lowest BCUT2D eigenvalue weighted by atomic mass is 9.79. The molecule has 1 aliphatic rings. The third kappa shape index (κ3) is 6.73. The van der Waals surface area contributed by atoms with Crippen molar-refractivity contribution in [2.75, 3.05) is 6.54 Å². The van der Waals surface area contributed by atoms with Crippen LogP contribution in [0.5, 0.6) is 5.75 Å². The predicted octanol–water partition coefficient (Wildman–Crippen LogP) is 4.77. The lowest BCUT2D eigenvalue weighted by Crippen LogP contribution is -2.63. The van der Waals surface area contributed by atoms with E-state index in [0.717, 1.165) is 37.8 Å². The number of hydrogen-bond donors (Lipinski definition) is 1. The van der Waals surface area contributed by atoms with Crippen molar-refractivity contribution in [3.8, 4) is 5.75 Å². The zero-order valence-electron chi connectivity index (χ0n) is 17.7. The zero-order valence-corrected chi connectivity index (χ0v) is 17.7. The Morgan fingerprint density at radius 3 is 2.25 bits per heavy atom. The van der Waals surface area contributed by atoms with Crippen LogP contribution in [0.25, 0.3) is 0 Å². The van der Waals surface area contributed by atoms with Crippen LogP contribution in [0, 0.1) is 0 Å². The molecule has 0 radical (unpaired) electrons. The Kier molecular flexibility index (Phi) is 7.43. The number of nitrogens with one attached hydrogen (secondary N) is 1. The highest BCUT2D eigenvalue weighted by molar-refractivity contribution is 5.79. The fourth-order valence-corrected chi connectivity index (χ4v) is 4.39. The average molecular weight is 397 g/mol. The van der Waals surface area contributed by atoms with Crippen LogP contribution in [0.15, 0.2) is 24.3 Å². The van der Waals surface area contributed by atoms with Gasteiger partial charge in [0.25, 0.3) is 0 Å². The first-order valence-corrected chi connectivity index (χ1v) is 10.1. The Labute approximate surface area is 167 Å². The maximum Gasteiger partial charge on any atom is 0.387 e. The highest BCUT2D eigenvalue weighted by Crippen LogP contribution is 2.32. The smallest absolute Gasteiger partial charge is 0.387 e. The molecule has 2 rings (SSSR count). The fourth-order valence-electron chi connectivity index (χ4n) is 4.39. The van der Waals surface area contributed by atoms with Crippen LogP contribution in [0.2, 0.25) is 0 Å². The molecule has 0 spiro atoms. The minimum Gasteiger partial charge on any atom is -0.435 e. The molecule has 0 aromatic heterocycles. The maximum absolute atomic E-state index is 13.2. The molecule has 158 valence electrons. The monoisotopic (exact) mass is 396 g/mol. The number of unbranched alkanes of at least 4 members (excludes halogenated alkanes) is 1. The van der Waals surface area contributed by atoms with Gasteiger partial charge in [-0.05, 0) is 64.7 Å². The highest BCUT2D eigenvalue weighted by Gasteiger charge is 2.40. The van der Waals surface area contributed by atoms with Crippen LogP contribution < -0.4 is 10.1 Å². The minimum absolute atomic E-state index is 0.0363. The molecular weight excluding hydrogens is 362 g/mol. The normalized spacial score (nSPS) is 18.9. The number of nitrogens with zero attached hydrogens (tertiary/aromatic N) is 1. The second kappa shape index (κ2) is 9.21. The molecule has 1 heterocycles.